The molecule has 1 heterocycles. The van der Waals surface area contributed by atoms with Crippen LogP contribution in [0.2, 0.25) is 5.02 Å². The van der Waals surface area contributed by atoms with Gasteiger partial charge in [-0.15, -0.1) is 0 Å². The van der Waals surface area contributed by atoms with E-state index in [1.54, 1.807) is 23.1 Å². The largest absolute Gasteiger partial charge is 0.356 e. The Kier molecular flexibility index (Phi) is 6.23. The molecule has 0 saturated carbocycles. The molecule has 4 aromatic rings. The first-order valence-corrected chi connectivity index (χ1v) is 10.7. The summed E-state index contributed by atoms with van der Waals surface area (Å²) in [6.07, 6.45) is 1.39. The fraction of sp³-hybridized carbons (Fsp3) is 0.160. The molecular formula is C25H23ClN4O2. The molecule has 6 nitrogen and oxygen atoms in total. The second-order valence-corrected chi connectivity index (χ2v) is 8.17. The maximum Gasteiger partial charge on any atom is 0.261 e. The van der Waals surface area contributed by atoms with Crippen molar-refractivity contribution in [3.63, 3.8) is 0 Å². The number of halogens is 1. The number of nitrogens with one attached hydrogen (secondary N) is 1. The quantitative estimate of drug-likeness (QED) is 0.440. The predicted molar refractivity (Wildman–Crippen MR) is 130 cm³/mol. The minimum Gasteiger partial charge on any atom is -0.356 e. The number of amides is 1. The summed E-state index contributed by atoms with van der Waals surface area (Å²) in [5.41, 5.74) is 2.91. The summed E-state index contributed by atoms with van der Waals surface area (Å²) >= 11 is 5.98. The van der Waals surface area contributed by atoms with Gasteiger partial charge in [-0.3, -0.25) is 14.2 Å². The fourth-order valence-electron chi connectivity index (χ4n) is 3.59. The Hall–Kier alpha value is -3.64. The standard InChI is InChI=1S/C25H23ClN4O2/c1-17(2)30(21-11-9-20(10-12-21)28-19-6-4-3-5-7-19)24(31)15-29-16-27-23-14-18(26)8-13-22(23)25(29)32/h3-14,16-17,28H,15H2,1-2H3. The minimum atomic E-state index is -0.272. The highest BCUT2D eigenvalue weighted by molar-refractivity contribution is 6.31. The molecule has 4 rings (SSSR count). The fourth-order valence-corrected chi connectivity index (χ4v) is 3.76. The van der Waals surface area contributed by atoms with Crippen LogP contribution in [-0.2, 0) is 11.3 Å². The van der Waals surface area contributed by atoms with Crippen LogP contribution in [-0.4, -0.2) is 21.5 Å². The lowest BCUT2D eigenvalue weighted by molar-refractivity contribution is -0.119. The number of benzene rings is 3. The first-order chi connectivity index (χ1) is 15.4. The number of nitrogens with zero attached hydrogens (tertiary/aromatic N) is 3. The van der Waals surface area contributed by atoms with Gasteiger partial charge in [0.15, 0.2) is 0 Å². The van der Waals surface area contributed by atoms with Crippen molar-refractivity contribution in [1.82, 2.24) is 9.55 Å². The van der Waals surface area contributed by atoms with Crippen molar-refractivity contribution >= 4 is 45.5 Å². The van der Waals surface area contributed by atoms with Gasteiger partial charge < -0.3 is 10.2 Å². The number of aromatic nitrogens is 2. The highest BCUT2D eigenvalue weighted by Gasteiger charge is 2.20. The highest BCUT2D eigenvalue weighted by Crippen LogP contribution is 2.23. The molecule has 32 heavy (non-hydrogen) atoms. The van der Waals surface area contributed by atoms with E-state index in [4.69, 9.17) is 11.6 Å². The number of anilines is 3. The Morgan fingerprint density at radius 2 is 1.72 bits per heavy atom. The number of carbonyl (C=O) groups is 1. The molecule has 0 fully saturated rings. The number of hydrogen-bond acceptors (Lipinski definition) is 4. The molecule has 0 saturated heterocycles. The molecule has 0 bridgehead atoms. The van der Waals surface area contributed by atoms with E-state index >= 15 is 0 Å². The summed E-state index contributed by atoms with van der Waals surface area (Å²) in [6, 6.07) is 22.3. The van der Waals surface area contributed by atoms with E-state index in [1.807, 2.05) is 68.4 Å². The summed E-state index contributed by atoms with van der Waals surface area (Å²) in [6.45, 7) is 3.78. The molecule has 7 heteroatoms. The van der Waals surface area contributed by atoms with Crippen LogP contribution in [0.25, 0.3) is 10.9 Å². The van der Waals surface area contributed by atoms with Gasteiger partial charge in [0.05, 0.1) is 17.2 Å². The summed E-state index contributed by atoms with van der Waals surface area (Å²) in [7, 11) is 0. The molecular weight excluding hydrogens is 424 g/mol. The highest BCUT2D eigenvalue weighted by atomic mass is 35.5. The second-order valence-electron chi connectivity index (χ2n) is 7.73. The smallest absolute Gasteiger partial charge is 0.261 e. The molecule has 0 aliphatic heterocycles. The molecule has 1 amide bonds. The zero-order chi connectivity index (χ0) is 22.7. The zero-order valence-electron chi connectivity index (χ0n) is 17.8. The van der Waals surface area contributed by atoms with E-state index < -0.39 is 0 Å². The van der Waals surface area contributed by atoms with Crippen molar-refractivity contribution in [2.75, 3.05) is 10.2 Å². The molecule has 0 spiro atoms. The summed E-state index contributed by atoms with van der Waals surface area (Å²) in [4.78, 5) is 32.0. The number of carbonyl (C=O) groups excluding carboxylic acids is 1. The maximum absolute atomic E-state index is 13.2. The van der Waals surface area contributed by atoms with Gasteiger partial charge in [0, 0.05) is 28.1 Å². The Morgan fingerprint density at radius 1 is 1.03 bits per heavy atom. The molecule has 162 valence electrons. The van der Waals surface area contributed by atoms with Crippen LogP contribution in [0.1, 0.15) is 13.8 Å². The van der Waals surface area contributed by atoms with Gasteiger partial charge in [-0.25, -0.2) is 4.98 Å². The molecule has 1 aromatic heterocycles. The van der Waals surface area contributed by atoms with Crippen LogP contribution < -0.4 is 15.8 Å². The van der Waals surface area contributed by atoms with Gasteiger partial charge in [0.2, 0.25) is 5.91 Å². The normalized spacial score (nSPS) is 11.0. The maximum atomic E-state index is 13.2. The first-order valence-electron chi connectivity index (χ1n) is 10.3. The van der Waals surface area contributed by atoms with Crippen molar-refractivity contribution in [2.45, 2.75) is 26.4 Å². The van der Waals surface area contributed by atoms with Crippen molar-refractivity contribution in [3.05, 3.63) is 94.5 Å². The third-order valence-corrected chi connectivity index (χ3v) is 5.32. The molecule has 0 unspecified atom stereocenters. The van der Waals surface area contributed by atoms with E-state index in [9.17, 15) is 9.59 Å². The van der Waals surface area contributed by atoms with E-state index in [0.29, 0.717) is 15.9 Å². The molecule has 0 aliphatic rings. The van der Waals surface area contributed by atoms with Crippen molar-refractivity contribution < 1.29 is 4.79 Å². The van der Waals surface area contributed by atoms with E-state index in [1.165, 1.54) is 10.9 Å². The summed E-state index contributed by atoms with van der Waals surface area (Å²) in [5.74, 6) is -0.194. The molecule has 1 N–H and O–H groups in total. The Balaban J connectivity index is 1.56. The SMILES string of the molecule is CC(C)N(C(=O)Cn1cnc2cc(Cl)ccc2c1=O)c1ccc(Nc2ccccc2)cc1. The molecule has 0 atom stereocenters. The van der Waals surface area contributed by atoms with Crippen molar-refractivity contribution in [3.8, 4) is 0 Å². The van der Waals surface area contributed by atoms with Crippen molar-refractivity contribution in [1.29, 1.82) is 0 Å². The van der Waals surface area contributed by atoms with Crippen LogP contribution in [0.4, 0.5) is 17.1 Å². The molecule has 0 radical (unpaired) electrons. The molecule has 3 aromatic carbocycles. The monoisotopic (exact) mass is 446 g/mol. The minimum absolute atomic E-state index is 0.0849. The van der Waals surface area contributed by atoms with Crippen molar-refractivity contribution in [2.24, 2.45) is 0 Å². The zero-order valence-corrected chi connectivity index (χ0v) is 18.6. The summed E-state index contributed by atoms with van der Waals surface area (Å²) in [5, 5.41) is 4.27. The third kappa shape index (κ3) is 4.65. The van der Waals surface area contributed by atoms with Gasteiger partial charge in [-0.2, -0.15) is 0 Å². The van der Waals surface area contributed by atoms with Gasteiger partial charge in [0.1, 0.15) is 6.54 Å². The van der Waals surface area contributed by atoms with Gasteiger partial charge in [-0.1, -0.05) is 29.8 Å². The second kappa shape index (κ2) is 9.24. The molecule has 0 aliphatic carbocycles. The number of rotatable bonds is 6. The first kappa shape index (κ1) is 21.6. The average Bonchev–Trinajstić information content (AvgIpc) is 2.77. The third-order valence-electron chi connectivity index (χ3n) is 5.09. The van der Waals surface area contributed by atoms with E-state index in [0.717, 1.165) is 17.1 Å². The van der Waals surface area contributed by atoms with Gasteiger partial charge in [-0.05, 0) is 68.4 Å². The van der Waals surface area contributed by atoms with Gasteiger partial charge >= 0.3 is 0 Å². The topological polar surface area (TPSA) is 67.2 Å². The van der Waals surface area contributed by atoms with Crippen LogP contribution in [0.15, 0.2) is 83.9 Å². The van der Waals surface area contributed by atoms with Gasteiger partial charge in [0.25, 0.3) is 5.56 Å². The van der Waals surface area contributed by atoms with E-state index in [-0.39, 0.29) is 24.1 Å². The average molecular weight is 447 g/mol. The van der Waals surface area contributed by atoms with Crippen LogP contribution in [0.5, 0.6) is 0 Å². The number of fused-ring (bicyclic) bond motifs is 1. The predicted octanol–water partition coefficient (Wildman–Crippen LogP) is 5.24. The van der Waals surface area contributed by atoms with Crippen LogP contribution >= 0.6 is 11.6 Å². The number of hydrogen-bond donors (Lipinski definition) is 1. The lowest BCUT2D eigenvalue weighted by Gasteiger charge is -2.27. The Morgan fingerprint density at radius 3 is 2.41 bits per heavy atom. The Labute approximate surface area is 191 Å². The van der Waals surface area contributed by atoms with E-state index in [2.05, 4.69) is 10.3 Å². The van der Waals surface area contributed by atoms with Crippen LogP contribution in [0, 0.1) is 0 Å². The summed E-state index contributed by atoms with van der Waals surface area (Å²) < 4.78 is 1.33. The lowest BCUT2D eigenvalue weighted by Crippen LogP contribution is -2.41. The Bertz CT molecular complexity index is 1300. The number of para-hydroxylation sites is 1. The van der Waals surface area contributed by atoms with Crippen LogP contribution in [0.3, 0.4) is 0 Å². The lowest BCUT2D eigenvalue weighted by atomic mass is 10.2.